The zero-order chi connectivity index (χ0) is 33.6. The normalized spacial score (nSPS) is 27.8. The molecule has 2 nitrogen and oxygen atoms in total. The Morgan fingerprint density at radius 1 is 0.540 bits per heavy atom. The van der Waals surface area contributed by atoms with E-state index in [2.05, 4.69) is 136 Å². The van der Waals surface area contributed by atoms with Gasteiger partial charge in [0.1, 0.15) is 11.2 Å². The van der Waals surface area contributed by atoms with Gasteiger partial charge in [0.2, 0.25) is 0 Å². The van der Waals surface area contributed by atoms with Crippen LogP contribution >= 0.6 is 0 Å². The van der Waals surface area contributed by atoms with E-state index in [9.17, 15) is 0 Å². The van der Waals surface area contributed by atoms with E-state index in [0.717, 1.165) is 40.5 Å². The van der Waals surface area contributed by atoms with Crippen molar-refractivity contribution in [1.82, 2.24) is 0 Å². The molecule has 6 aliphatic rings. The highest BCUT2D eigenvalue weighted by Gasteiger charge is 2.61. The Balaban J connectivity index is 1.18. The quantitative estimate of drug-likeness (QED) is 0.189. The van der Waals surface area contributed by atoms with Crippen LogP contribution < -0.4 is 4.90 Å². The van der Waals surface area contributed by atoms with Crippen LogP contribution in [0, 0.1) is 23.7 Å². The predicted octanol–water partition coefficient (Wildman–Crippen LogP) is 13.1. The zero-order valence-electron chi connectivity index (χ0n) is 29.9. The van der Waals surface area contributed by atoms with Crippen molar-refractivity contribution in [3.05, 3.63) is 125 Å². The fourth-order valence-electron chi connectivity index (χ4n) is 12.4. The molecule has 0 aliphatic heterocycles. The van der Waals surface area contributed by atoms with E-state index in [0.29, 0.717) is 0 Å². The Bertz CT molecular complexity index is 2340. The van der Waals surface area contributed by atoms with Crippen LogP contribution in [-0.4, -0.2) is 0 Å². The number of benzene rings is 5. The maximum atomic E-state index is 6.54. The molecule has 12 rings (SSSR count). The number of fused-ring (bicyclic) bond motifs is 7. The molecule has 1 heterocycles. The number of rotatable bonds is 3. The van der Waals surface area contributed by atoms with Gasteiger partial charge in [0.05, 0.1) is 5.69 Å². The molecule has 1 spiro atoms. The molecule has 4 fully saturated rings. The van der Waals surface area contributed by atoms with Gasteiger partial charge in [-0.2, -0.15) is 0 Å². The Kier molecular flexibility index (Phi) is 5.85. The Labute approximate surface area is 296 Å². The molecule has 0 N–H and O–H groups in total. The summed E-state index contributed by atoms with van der Waals surface area (Å²) in [6.07, 6.45) is 9.47. The smallest absolute Gasteiger partial charge is 0.137 e. The van der Waals surface area contributed by atoms with Crippen molar-refractivity contribution in [2.24, 2.45) is 23.7 Å². The van der Waals surface area contributed by atoms with Crippen LogP contribution in [0.15, 0.2) is 108 Å². The van der Waals surface area contributed by atoms with Gasteiger partial charge in [-0.25, -0.2) is 0 Å². The number of furan rings is 1. The summed E-state index contributed by atoms with van der Waals surface area (Å²) < 4.78 is 6.54. The summed E-state index contributed by atoms with van der Waals surface area (Å²) in [5, 5.41) is 2.35. The molecule has 250 valence electrons. The fourth-order valence-corrected chi connectivity index (χ4v) is 12.4. The van der Waals surface area contributed by atoms with E-state index < -0.39 is 0 Å². The van der Waals surface area contributed by atoms with Gasteiger partial charge in [0, 0.05) is 39.2 Å². The van der Waals surface area contributed by atoms with Gasteiger partial charge >= 0.3 is 0 Å². The third-order valence-electron chi connectivity index (χ3n) is 14.5. The average molecular weight is 654 g/mol. The first kappa shape index (κ1) is 29.4. The van der Waals surface area contributed by atoms with Crippen molar-refractivity contribution in [3.8, 4) is 11.1 Å². The molecule has 0 unspecified atom stereocenters. The Morgan fingerprint density at radius 2 is 1.18 bits per heavy atom. The molecule has 1 aromatic heterocycles. The maximum absolute atomic E-state index is 6.54. The lowest BCUT2D eigenvalue weighted by Crippen LogP contribution is -2.55. The minimum atomic E-state index is 0.116. The lowest BCUT2D eigenvalue weighted by Gasteiger charge is -2.61. The van der Waals surface area contributed by atoms with E-state index in [1.807, 2.05) is 0 Å². The molecule has 6 aliphatic carbocycles. The van der Waals surface area contributed by atoms with Crippen LogP contribution in [0.2, 0.25) is 0 Å². The minimum Gasteiger partial charge on any atom is -0.456 e. The molecular weight excluding hydrogens is 607 g/mol. The van der Waals surface area contributed by atoms with Crippen molar-refractivity contribution in [1.29, 1.82) is 0 Å². The molecule has 5 aromatic carbocycles. The first-order valence-corrected chi connectivity index (χ1v) is 19.3. The van der Waals surface area contributed by atoms with E-state index in [1.165, 1.54) is 89.3 Å². The second-order valence-electron chi connectivity index (χ2n) is 18.0. The van der Waals surface area contributed by atoms with Crippen LogP contribution in [0.4, 0.5) is 17.1 Å². The molecule has 0 radical (unpaired) electrons. The van der Waals surface area contributed by atoms with Crippen LogP contribution in [0.1, 0.15) is 94.9 Å². The van der Waals surface area contributed by atoms with E-state index in [1.54, 1.807) is 11.1 Å². The average Bonchev–Trinajstić information content (AvgIpc) is 3.63. The van der Waals surface area contributed by atoms with Crippen molar-refractivity contribution in [3.63, 3.8) is 0 Å². The Hall–Kier alpha value is -4.30. The van der Waals surface area contributed by atoms with Gasteiger partial charge < -0.3 is 9.32 Å². The van der Waals surface area contributed by atoms with Crippen LogP contribution in [0.5, 0.6) is 0 Å². The number of hydrogen-bond donors (Lipinski definition) is 0. The van der Waals surface area contributed by atoms with Gasteiger partial charge in [-0.05, 0) is 144 Å². The summed E-state index contributed by atoms with van der Waals surface area (Å²) in [5.41, 5.74) is 15.1. The highest BCUT2D eigenvalue weighted by molar-refractivity contribution is 6.06. The SMILES string of the molecule is CC1(C)CCC(C)(C)c2cc(N(c3ccc4c(c3)oc3ccccc34)c3cccc4c3-c3ccccc3C43C4CC5CC(C4)CC3C5)ccc21. The largest absolute Gasteiger partial charge is 0.456 e. The van der Waals surface area contributed by atoms with E-state index >= 15 is 0 Å². The van der Waals surface area contributed by atoms with Gasteiger partial charge in [-0.3, -0.25) is 0 Å². The monoisotopic (exact) mass is 653 g/mol. The Morgan fingerprint density at radius 3 is 1.98 bits per heavy atom. The highest BCUT2D eigenvalue weighted by Crippen LogP contribution is 2.70. The molecule has 6 aromatic rings. The summed E-state index contributed by atoms with van der Waals surface area (Å²) in [6.45, 7) is 9.75. The molecule has 4 saturated carbocycles. The molecule has 0 saturated heterocycles. The highest BCUT2D eigenvalue weighted by atomic mass is 16.3. The second kappa shape index (κ2) is 9.93. The lowest BCUT2D eigenvalue weighted by atomic mass is 9.43. The van der Waals surface area contributed by atoms with Crippen molar-refractivity contribution in [2.45, 2.75) is 88.9 Å². The van der Waals surface area contributed by atoms with Crippen molar-refractivity contribution >= 4 is 39.0 Å². The third-order valence-corrected chi connectivity index (χ3v) is 14.5. The second-order valence-corrected chi connectivity index (χ2v) is 18.0. The number of hydrogen-bond acceptors (Lipinski definition) is 2. The first-order valence-electron chi connectivity index (χ1n) is 19.3. The van der Waals surface area contributed by atoms with Gasteiger partial charge in [0.25, 0.3) is 0 Å². The van der Waals surface area contributed by atoms with Gasteiger partial charge in [0.15, 0.2) is 0 Å². The molecule has 4 bridgehead atoms. The summed E-state index contributed by atoms with van der Waals surface area (Å²) in [5.74, 6) is 3.34. The first-order chi connectivity index (χ1) is 24.2. The summed E-state index contributed by atoms with van der Waals surface area (Å²) >= 11 is 0. The number of nitrogens with zero attached hydrogens (tertiary/aromatic N) is 1. The minimum absolute atomic E-state index is 0.116. The van der Waals surface area contributed by atoms with Crippen molar-refractivity contribution < 1.29 is 4.42 Å². The van der Waals surface area contributed by atoms with Gasteiger partial charge in [-0.15, -0.1) is 0 Å². The van der Waals surface area contributed by atoms with Crippen LogP contribution in [0.25, 0.3) is 33.1 Å². The molecule has 0 atom stereocenters. The maximum Gasteiger partial charge on any atom is 0.137 e. The fraction of sp³-hybridized carbons (Fsp3) is 0.375. The molecule has 0 amide bonds. The van der Waals surface area contributed by atoms with Gasteiger partial charge in [-0.1, -0.05) is 88.4 Å². The van der Waals surface area contributed by atoms with E-state index in [4.69, 9.17) is 4.42 Å². The topological polar surface area (TPSA) is 16.4 Å². The standard InChI is InChI=1S/C48H47NO/c1-46(2)20-21-47(3,4)41-27-33(17-19-39(41)46)49(34-16-18-36-35-10-6-8-15-43(35)50-44(36)28-34)42-14-9-13-40-45(42)37-11-5-7-12-38(37)48(40)31-23-29-22-30(25-31)26-32(48)24-29/h5-19,27-32H,20-26H2,1-4H3. The molecular formula is C48H47NO. The van der Waals surface area contributed by atoms with Crippen molar-refractivity contribution in [2.75, 3.05) is 4.90 Å². The van der Waals surface area contributed by atoms with Crippen LogP contribution in [0.3, 0.4) is 0 Å². The summed E-state index contributed by atoms with van der Waals surface area (Å²) in [6, 6.07) is 39.6. The van der Waals surface area contributed by atoms with E-state index in [-0.39, 0.29) is 16.2 Å². The molecule has 50 heavy (non-hydrogen) atoms. The number of para-hydroxylation sites is 1. The number of anilines is 3. The lowest BCUT2D eigenvalue weighted by molar-refractivity contribution is -0.0399. The predicted molar refractivity (Wildman–Crippen MR) is 207 cm³/mol. The zero-order valence-corrected chi connectivity index (χ0v) is 29.9. The van der Waals surface area contributed by atoms with Crippen LogP contribution in [-0.2, 0) is 16.2 Å². The summed E-state index contributed by atoms with van der Waals surface area (Å²) in [7, 11) is 0. The third kappa shape index (κ3) is 3.81. The summed E-state index contributed by atoms with van der Waals surface area (Å²) in [4.78, 5) is 2.58. The molecule has 2 heteroatoms.